The quantitative estimate of drug-likeness (QED) is 0.412. The molecular weight excluding hydrogens is 244 g/mol. The fourth-order valence-electron chi connectivity index (χ4n) is 2.55. The van der Waals surface area contributed by atoms with Crippen LogP contribution in [0.15, 0.2) is 24.3 Å². The summed E-state index contributed by atoms with van der Waals surface area (Å²) in [5.74, 6) is 0.733. The van der Waals surface area contributed by atoms with Gasteiger partial charge < -0.3 is 4.74 Å². The lowest BCUT2D eigenvalue weighted by atomic mass is 10.0. The van der Waals surface area contributed by atoms with E-state index in [0.717, 1.165) is 5.75 Å². The lowest BCUT2D eigenvalue weighted by Crippen LogP contribution is -1.87. The van der Waals surface area contributed by atoms with Gasteiger partial charge in [0.2, 0.25) is 0 Å². The summed E-state index contributed by atoms with van der Waals surface area (Å²) in [7, 11) is 5.11. The third-order valence-electron chi connectivity index (χ3n) is 3.88. The van der Waals surface area contributed by atoms with E-state index in [9.17, 15) is 0 Å². The maximum Gasteiger partial charge on any atom is 0.180 e. The van der Waals surface area contributed by atoms with Crippen molar-refractivity contribution in [3.63, 3.8) is 0 Å². The van der Waals surface area contributed by atoms with Crippen LogP contribution in [0.4, 0.5) is 0 Å². The van der Waals surface area contributed by atoms with E-state index in [1.165, 1.54) is 76.2 Å². The van der Waals surface area contributed by atoms with E-state index in [1.54, 1.807) is 0 Å². The van der Waals surface area contributed by atoms with Crippen molar-refractivity contribution in [3.05, 3.63) is 36.9 Å². The minimum atomic E-state index is 0.733. The molecule has 1 rings (SSSR count). The lowest BCUT2D eigenvalue weighted by molar-refractivity contribution is 0.472. The highest BCUT2D eigenvalue weighted by atomic mass is 16.5. The smallest absolute Gasteiger partial charge is 0.180 e. The van der Waals surface area contributed by atoms with E-state index in [0.29, 0.717) is 0 Å². The number of aryl methyl sites for hydroxylation is 1. The Morgan fingerprint density at radius 3 is 1.75 bits per heavy atom. The molecule has 0 bridgehead atoms. The number of hydrogen-bond acceptors (Lipinski definition) is 1. The maximum atomic E-state index is 5.11. The summed E-state index contributed by atoms with van der Waals surface area (Å²) in [5, 5.41) is 0. The molecule has 0 aliphatic heterocycles. The molecule has 0 saturated heterocycles. The van der Waals surface area contributed by atoms with Crippen molar-refractivity contribution in [2.24, 2.45) is 0 Å². The van der Waals surface area contributed by atoms with Crippen molar-refractivity contribution in [3.8, 4) is 5.75 Å². The van der Waals surface area contributed by atoms with Gasteiger partial charge in [0.15, 0.2) is 7.11 Å². The second-order valence-electron chi connectivity index (χ2n) is 5.69. The highest BCUT2D eigenvalue weighted by Gasteiger charge is 1.96. The summed E-state index contributed by atoms with van der Waals surface area (Å²) < 4.78 is 4.67. The summed E-state index contributed by atoms with van der Waals surface area (Å²) >= 11 is 0. The van der Waals surface area contributed by atoms with Crippen LogP contribution in [0, 0.1) is 7.11 Å². The molecule has 0 aliphatic rings. The van der Waals surface area contributed by atoms with Crippen LogP contribution < -0.4 is 4.74 Å². The Kier molecular flexibility index (Phi) is 10.1. The summed E-state index contributed by atoms with van der Waals surface area (Å²) in [4.78, 5) is 0. The first-order chi connectivity index (χ1) is 9.86. The second-order valence-corrected chi connectivity index (χ2v) is 5.69. The SMILES string of the molecule is [CH]Oc1ccc(CCCCCCCCCCCC)cc1. The van der Waals surface area contributed by atoms with Gasteiger partial charge in [-0.2, -0.15) is 0 Å². The average molecular weight is 274 g/mol. The average Bonchev–Trinajstić information content (AvgIpc) is 2.50. The molecule has 0 amide bonds. The molecule has 0 unspecified atom stereocenters. The molecule has 20 heavy (non-hydrogen) atoms. The Bertz CT molecular complexity index is 315. The number of hydrogen-bond donors (Lipinski definition) is 0. The van der Waals surface area contributed by atoms with Crippen molar-refractivity contribution in [2.75, 3.05) is 0 Å². The Balaban J connectivity index is 1.91. The molecule has 0 N–H and O–H groups in total. The molecule has 0 fully saturated rings. The largest absolute Gasteiger partial charge is 0.482 e. The number of ether oxygens (including phenoxy) is 1. The second kappa shape index (κ2) is 11.8. The van der Waals surface area contributed by atoms with Crippen molar-refractivity contribution in [1.29, 1.82) is 0 Å². The van der Waals surface area contributed by atoms with Crippen LogP contribution in [0.25, 0.3) is 0 Å². The molecule has 2 radical (unpaired) electrons. The highest BCUT2D eigenvalue weighted by Crippen LogP contribution is 2.15. The number of unbranched alkanes of at least 4 members (excludes halogenated alkanes) is 9. The van der Waals surface area contributed by atoms with Crippen molar-refractivity contribution < 1.29 is 4.74 Å². The maximum absolute atomic E-state index is 5.11. The zero-order valence-corrected chi connectivity index (χ0v) is 13.1. The fraction of sp³-hybridized carbons (Fsp3) is 0.632. The van der Waals surface area contributed by atoms with Gasteiger partial charge in [-0.25, -0.2) is 0 Å². The first kappa shape index (κ1) is 17.1. The van der Waals surface area contributed by atoms with Crippen LogP contribution in [-0.2, 0) is 6.42 Å². The number of rotatable bonds is 12. The van der Waals surface area contributed by atoms with Gasteiger partial charge in [-0.3, -0.25) is 0 Å². The summed E-state index contributed by atoms with van der Waals surface area (Å²) in [6.45, 7) is 2.27. The minimum absolute atomic E-state index is 0.733. The molecule has 1 nitrogen and oxygen atoms in total. The fourth-order valence-corrected chi connectivity index (χ4v) is 2.55. The van der Waals surface area contributed by atoms with Crippen molar-refractivity contribution >= 4 is 0 Å². The standard InChI is InChI=1S/C19H30O/c1-3-4-5-6-7-8-9-10-11-12-13-18-14-16-19(20-2)17-15-18/h2,14-17H,3-13H2,1H3. The molecule has 0 atom stereocenters. The third kappa shape index (κ3) is 8.24. The first-order valence-electron chi connectivity index (χ1n) is 8.32. The predicted octanol–water partition coefficient (Wildman–Crippen LogP) is 6.20. The Hall–Kier alpha value is -0.980. The van der Waals surface area contributed by atoms with Gasteiger partial charge in [0, 0.05) is 0 Å². The van der Waals surface area contributed by atoms with Crippen LogP contribution in [0.3, 0.4) is 0 Å². The van der Waals surface area contributed by atoms with Gasteiger partial charge in [-0.05, 0) is 30.5 Å². The van der Waals surface area contributed by atoms with Gasteiger partial charge in [0.25, 0.3) is 0 Å². The topological polar surface area (TPSA) is 9.23 Å². The Morgan fingerprint density at radius 2 is 1.25 bits per heavy atom. The number of benzene rings is 1. The van der Waals surface area contributed by atoms with E-state index in [2.05, 4.69) is 23.8 Å². The van der Waals surface area contributed by atoms with Gasteiger partial charge in [-0.15, -0.1) is 0 Å². The zero-order chi connectivity index (χ0) is 14.5. The van der Waals surface area contributed by atoms with Gasteiger partial charge >= 0.3 is 0 Å². The monoisotopic (exact) mass is 274 g/mol. The molecule has 1 aromatic rings. The molecule has 0 heterocycles. The van der Waals surface area contributed by atoms with Gasteiger partial charge in [0.1, 0.15) is 5.75 Å². The summed E-state index contributed by atoms with van der Waals surface area (Å²) in [5.41, 5.74) is 1.38. The molecular formula is C19H30O. The predicted molar refractivity (Wildman–Crippen MR) is 86.9 cm³/mol. The summed E-state index contributed by atoms with van der Waals surface area (Å²) in [6.07, 6.45) is 15.1. The molecule has 0 aliphatic carbocycles. The van der Waals surface area contributed by atoms with E-state index >= 15 is 0 Å². The van der Waals surface area contributed by atoms with Crippen LogP contribution in [0.2, 0.25) is 0 Å². The van der Waals surface area contributed by atoms with Crippen molar-refractivity contribution in [2.45, 2.75) is 77.6 Å². The molecule has 1 aromatic carbocycles. The van der Waals surface area contributed by atoms with Crippen molar-refractivity contribution in [1.82, 2.24) is 0 Å². The van der Waals surface area contributed by atoms with Crippen LogP contribution in [0.5, 0.6) is 5.75 Å². The highest BCUT2D eigenvalue weighted by molar-refractivity contribution is 5.27. The van der Waals surface area contributed by atoms with E-state index < -0.39 is 0 Å². The van der Waals surface area contributed by atoms with Crippen LogP contribution >= 0.6 is 0 Å². The minimum Gasteiger partial charge on any atom is -0.482 e. The molecule has 0 spiro atoms. The Morgan fingerprint density at radius 1 is 0.750 bits per heavy atom. The molecule has 112 valence electrons. The summed E-state index contributed by atoms with van der Waals surface area (Å²) in [6, 6.07) is 8.09. The third-order valence-corrected chi connectivity index (χ3v) is 3.88. The zero-order valence-electron chi connectivity index (χ0n) is 13.1. The van der Waals surface area contributed by atoms with E-state index in [-0.39, 0.29) is 0 Å². The molecule has 0 aromatic heterocycles. The Labute approximate surface area is 125 Å². The van der Waals surface area contributed by atoms with Gasteiger partial charge in [0.05, 0.1) is 0 Å². The van der Waals surface area contributed by atoms with Gasteiger partial charge in [-0.1, -0.05) is 76.8 Å². The normalized spacial score (nSPS) is 10.7. The molecule has 1 heteroatoms. The van der Waals surface area contributed by atoms with Crippen LogP contribution in [-0.4, -0.2) is 0 Å². The first-order valence-corrected chi connectivity index (χ1v) is 8.32. The lowest BCUT2D eigenvalue weighted by Gasteiger charge is -2.04. The van der Waals surface area contributed by atoms with E-state index in [4.69, 9.17) is 7.11 Å². The van der Waals surface area contributed by atoms with E-state index in [1.807, 2.05) is 12.1 Å². The molecule has 0 saturated carbocycles. The van der Waals surface area contributed by atoms with Crippen LogP contribution in [0.1, 0.15) is 76.7 Å².